The number of benzene rings is 1. The first kappa shape index (κ1) is 15.4. The number of nitrogens with one attached hydrogen (secondary N) is 2. The van der Waals surface area contributed by atoms with Gasteiger partial charge in [-0.25, -0.2) is 9.18 Å². The molecule has 19 heavy (non-hydrogen) atoms. The van der Waals surface area contributed by atoms with E-state index >= 15 is 0 Å². The van der Waals surface area contributed by atoms with Crippen LogP contribution in [0.4, 0.5) is 14.9 Å². The van der Waals surface area contributed by atoms with E-state index in [-0.39, 0.29) is 12.4 Å². The zero-order valence-corrected chi connectivity index (χ0v) is 11.6. The van der Waals surface area contributed by atoms with E-state index in [2.05, 4.69) is 10.6 Å². The zero-order chi connectivity index (χ0) is 14.5. The first-order chi connectivity index (χ1) is 8.96. The number of halogens is 1. The molecule has 1 aromatic carbocycles. The second kappa shape index (κ2) is 6.52. The van der Waals surface area contributed by atoms with Gasteiger partial charge in [0.25, 0.3) is 0 Å². The van der Waals surface area contributed by atoms with Gasteiger partial charge in [-0.15, -0.1) is 0 Å². The SMILES string of the molecule is CCC(CC)(CO)NC(=O)Nc1ccc(F)cc1C. The summed E-state index contributed by atoms with van der Waals surface area (Å²) in [7, 11) is 0. The minimum absolute atomic E-state index is 0.115. The van der Waals surface area contributed by atoms with Crippen molar-refractivity contribution in [3.63, 3.8) is 0 Å². The van der Waals surface area contributed by atoms with Gasteiger partial charge in [-0.1, -0.05) is 13.8 Å². The molecular weight excluding hydrogens is 247 g/mol. The molecule has 5 heteroatoms. The van der Waals surface area contributed by atoms with Gasteiger partial charge in [-0.3, -0.25) is 0 Å². The summed E-state index contributed by atoms with van der Waals surface area (Å²) in [6, 6.07) is 3.77. The second-order valence-corrected chi connectivity index (χ2v) is 4.68. The molecule has 0 atom stereocenters. The molecule has 0 aliphatic carbocycles. The molecular formula is C14H21FN2O2. The van der Waals surface area contributed by atoms with E-state index in [0.29, 0.717) is 24.1 Å². The lowest BCUT2D eigenvalue weighted by Gasteiger charge is -2.30. The molecule has 0 saturated heterocycles. The molecule has 4 nitrogen and oxygen atoms in total. The van der Waals surface area contributed by atoms with Gasteiger partial charge >= 0.3 is 6.03 Å². The number of aliphatic hydroxyl groups is 1. The molecule has 1 rings (SSSR count). The monoisotopic (exact) mass is 268 g/mol. The summed E-state index contributed by atoms with van der Waals surface area (Å²) >= 11 is 0. The van der Waals surface area contributed by atoms with Crippen LogP contribution in [0.3, 0.4) is 0 Å². The van der Waals surface area contributed by atoms with Gasteiger partial charge in [0.15, 0.2) is 0 Å². The van der Waals surface area contributed by atoms with Crippen LogP contribution in [0, 0.1) is 12.7 Å². The molecule has 0 bridgehead atoms. The van der Waals surface area contributed by atoms with Crippen molar-refractivity contribution in [2.75, 3.05) is 11.9 Å². The van der Waals surface area contributed by atoms with Crippen molar-refractivity contribution < 1.29 is 14.3 Å². The van der Waals surface area contributed by atoms with Crippen LogP contribution in [0.2, 0.25) is 0 Å². The van der Waals surface area contributed by atoms with E-state index in [1.165, 1.54) is 18.2 Å². The van der Waals surface area contributed by atoms with Gasteiger partial charge < -0.3 is 15.7 Å². The minimum atomic E-state index is -0.613. The summed E-state index contributed by atoms with van der Waals surface area (Å²) in [5, 5.41) is 14.8. The van der Waals surface area contributed by atoms with Gasteiger partial charge in [0.1, 0.15) is 5.82 Å². The Morgan fingerprint density at radius 2 is 2.00 bits per heavy atom. The fourth-order valence-electron chi connectivity index (χ4n) is 1.85. The van der Waals surface area contributed by atoms with E-state index < -0.39 is 11.6 Å². The molecule has 0 aromatic heterocycles. The molecule has 0 aliphatic rings. The highest BCUT2D eigenvalue weighted by atomic mass is 19.1. The molecule has 0 spiro atoms. The number of urea groups is 1. The predicted molar refractivity (Wildman–Crippen MR) is 73.7 cm³/mol. The molecule has 3 N–H and O–H groups in total. The highest BCUT2D eigenvalue weighted by molar-refractivity contribution is 5.90. The van der Waals surface area contributed by atoms with Crippen LogP contribution < -0.4 is 10.6 Å². The van der Waals surface area contributed by atoms with Crippen molar-refractivity contribution in [1.29, 1.82) is 0 Å². The van der Waals surface area contributed by atoms with Gasteiger partial charge in [0.2, 0.25) is 0 Å². The number of rotatable bonds is 5. The van der Waals surface area contributed by atoms with Gasteiger partial charge in [-0.2, -0.15) is 0 Å². The van der Waals surface area contributed by atoms with Crippen molar-refractivity contribution in [3.05, 3.63) is 29.6 Å². The zero-order valence-electron chi connectivity index (χ0n) is 11.6. The highest BCUT2D eigenvalue weighted by Crippen LogP contribution is 2.17. The number of anilines is 1. The van der Waals surface area contributed by atoms with Gasteiger partial charge in [-0.05, 0) is 43.5 Å². The summed E-state index contributed by atoms with van der Waals surface area (Å²) in [5.41, 5.74) is 0.591. The third-order valence-corrected chi connectivity index (χ3v) is 3.47. The Bertz CT molecular complexity index is 437. The second-order valence-electron chi connectivity index (χ2n) is 4.68. The summed E-state index contributed by atoms with van der Waals surface area (Å²) < 4.78 is 13.0. The molecule has 2 amide bonds. The lowest BCUT2D eigenvalue weighted by Crippen LogP contribution is -2.52. The number of amides is 2. The van der Waals surface area contributed by atoms with Crippen LogP contribution >= 0.6 is 0 Å². The Morgan fingerprint density at radius 1 is 1.37 bits per heavy atom. The minimum Gasteiger partial charge on any atom is -0.394 e. The predicted octanol–water partition coefficient (Wildman–Crippen LogP) is 2.81. The molecule has 0 fully saturated rings. The van der Waals surface area contributed by atoms with Gasteiger partial charge in [0.05, 0.1) is 12.1 Å². The maximum absolute atomic E-state index is 13.0. The summed E-state index contributed by atoms with van der Waals surface area (Å²) in [6.07, 6.45) is 1.27. The lowest BCUT2D eigenvalue weighted by molar-refractivity contribution is 0.155. The molecule has 106 valence electrons. The Hall–Kier alpha value is -1.62. The normalized spacial score (nSPS) is 11.2. The van der Waals surface area contributed by atoms with Crippen LogP contribution in [-0.4, -0.2) is 23.3 Å². The van der Waals surface area contributed by atoms with Crippen LogP contribution in [-0.2, 0) is 0 Å². The van der Waals surface area contributed by atoms with E-state index in [1.54, 1.807) is 6.92 Å². The molecule has 0 unspecified atom stereocenters. The van der Waals surface area contributed by atoms with Crippen molar-refractivity contribution in [1.82, 2.24) is 5.32 Å². The number of hydrogen-bond acceptors (Lipinski definition) is 2. The van der Waals surface area contributed by atoms with E-state index in [0.717, 1.165) is 0 Å². The molecule has 0 radical (unpaired) electrons. The van der Waals surface area contributed by atoms with Crippen molar-refractivity contribution in [2.45, 2.75) is 39.2 Å². The fourth-order valence-corrected chi connectivity index (χ4v) is 1.85. The standard InChI is InChI=1S/C14H21FN2O2/c1-4-14(5-2,9-18)17-13(19)16-12-7-6-11(15)8-10(12)3/h6-8,18H,4-5,9H2,1-3H3,(H2,16,17,19). The topological polar surface area (TPSA) is 61.4 Å². The Balaban J connectivity index is 2.74. The van der Waals surface area contributed by atoms with Crippen molar-refractivity contribution >= 4 is 11.7 Å². The van der Waals surface area contributed by atoms with E-state index in [1.807, 2.05) is 13.8 Å². The Labute approximate surface area is 113 Å². The highest BCUT2D eigenvalue weighted by Gasteiger charge is 2.27. The lowest BCUT2D eigenvalue weighted by atomic mass is 9.94. The average molecular weight is 268 g/mol. The first-order valence-corrected chi connectivity index (χ1v) is 6.42. The number of carbonyl (C=O) groups excluding carboxylic acids is 1. The third-order valence-electron chi connectivity index (χ3n) is 3.47. The van der Waals surface area contributed by atoms with Crippen LogP contribution in [0.15, 0.2) is 18.2 Å². The number of carbonyl (C=O) groups is 1. The molecule has 0 saturated carbocycles. The molecule has 0 heterocycles. The van der Waals surface area contributed by atoms with Crippen LogP contribution in [0.25, 0.3) is 0 Å². The largest absolute Gasteiger partial charge is 0.394 e. The van der Waals surface area contributed by atoms with Crippen LogP contribution in [0.5, 0.6) is 0 Å². The third kappa shape index (κ3) is 3.92. The maximum Gasteiger partial charge on any atom is 0.319 e. The van der Waals surface area contributed by atoms with E-state index in [4.69, 9.17) is 0 Å². The Kier molecular flexibility index (Phi) is 5.30. The van der Waals surface area contributed by atoms with Crippen LogP contribution in [0.1, 0.15) is 32.3 Å². The quantitative estimate of drug-likeness (QED) is 0.769. The van der Waals surface area contributed by atoms with Gasteiger partial charge in [0, 0.05) is 5.69 Å². The average Bonchev–Trinajstić information content (AvgIpc) is 2.39. The first-order valence-electron chi connectivity index (χ1n) is 6.42. The van der Waals surface area contributed by atoms with E-state index in [9.17, 15) is 14.3 Å². The summed E-state index contributed by atoms with van der Waals surface area (Å²) in [4.78, 5) is 11.9. The van der Waals surface area contributed by atoms with Crippen molar-refractivity contribution in [3.8, 4) is 0 Å². The number of hydrogen-bond donors (Lipinski definition) is 3. The molecule has 1 aromatic rings. The maximum atomic E-state index is 13.0. The van der Waals surface area contributed by atoms with Crippen molar-refractivity contribution in [2.24, 2.45) is 0 Å². The summed E-state index contributed by atoms with van der Waals surface area (Å²) in [5.74, 6) is -0.338. The smallest absolute Gasteiger partial charge is 0.319 e. The molecule has 0 aliphatic heterocycles. The Morgan fingerprint density at radius 3 is 2.47 bits per heavy atom. The summed E-state index contributed by atoms with van der Waals surface area (Å²) in [6.45, 7) is 5.42. The number of aliphatic hydroxyl groups excluding tert-OH is 1. The number of aryl methyl sites for hydroxylation is 1. The fraction of sp³-hybridized carbons (Fsp3) is 0.500.